The van der Waals surface area contributed by atoms with Gasteiger partial charge in [-0.25, -0.2) is 8.78 Å². The van der Waals surface area contributed by atoms with Crippen molar-refractivity contribution in [3.05, 3.63) is 70.9 Å². The van der Waals surface area contributed by atoms with Gasteiger partial charge in [0.05, 0.1) is 6.54 Å². The Balaban J connectivity index is 1.73. The van der Waals surface area contributed by atoms with Crippen molar-refractivity contribution in [2.75, 3.05) is 19.6 Å². The summed E-state index contributed by atoms with van der Waals surface area (Å²) in [6, 6.07) is 13.8. The second-order valence-electron chi connectivity index (χ2n) is 8.19. The van der Waals surface area contributed by atoms with Crippen molar-refractivity contribution in [3.63, 3.8) is 0 Å². The van der Waals surface area contributed by atoms with Gasteiger partial charge in [0.2, 0.25) is 0 Å². The highest BCUT2D eigenvalue weighted by Gasteiger charge is 2.41. The van der Waals surface area contributed by atoms with E-state index in [-0.39, 0.29) is 36.9 Å². The van der Waals surface area contributed by atoms with Gasteiger partial charge in [-0.1, -0.05) is 24.3 Å². The number of carbonyl (C=O) groups is 2. The topological polar surface area (TPSA) is 104 Å². The monoisotopic (exact) mass is 453 g/mol. The van der Waals surface area contributed by atoms with E-state index in [1.807, 2.05) is 6.92 Å². The van der Waals surface area contributed by atoms with Crippen LogP contribution in [0, 0.1) is 5.41 Å². The number of alkyl halides is 2. The first kappa shape index (κ1) is 22.4. The van der Waals surface area contributed by atoms with Crippen LogP contribution in [0.4, 0.5) is 8.78 Å². The quantitative estimate of drug-likeness (QED) is 0.394. The molecular weight excluding hydrogens is 428 g/mol. The summed E-state index contributed by atoms with van der Waals surface area (Å²) in [7, 11) is 0. The molecule has 7 nitrogen and oxygen atoms in total. The highest BCUT2D eigenvalue weighted by atomic mass is 19.3. The van der Waals surface area contributed by atoms with Gasteiger partial charge in [-0.15, -0.1) is 0 Å². The second-order valence-corrected chi connectivity index (χ2v) is 8.19. The molecule has 2 amide bonds. The van der Waals surface area contributed by atoms with E-state index in [0.29, 0.717) is 23.2 Å². The maximum absolute atomic E-state index is 13.8. The second kappa shape index (κ2) is 8.65. The molecule has 0 aliphatic carbocycles. The van der Waals surface area contributed by atoms with Crippen LogP contribution in [0.15, 0.2) is 48.5 Å². The first-order valence-electron chi connectivity index (χ1n) is 10.7. The number of halogens is 2. The van der Waals surface area contributed by atoms with E-state index in [4.69, 9.17) is 11.1 Å². The Morgan fingerprint density at radius 2 is 1.82 bits per heavy atom. The molecule has 0 bridgehead atoms. The van der Waals surface area contributed by atoms with E-state index in [0.717, 1.165) is 10.9 Å². The molecule has 9 heteroatoms. The summed E-state index contributed by atoms with van der Waals surface area (Å²) >= 11 is 0. The Bertz CT molecular complexity index is 1230. The molecule has 1 fully saturated rings. The zero-order valence-electron chi connectivity index (χ0n) is 18.2. The summed E-state index contributed by atoms with van der Waals surface area (Å²) in [6.45, 7) is 2.04. The largest absolute Gasteiger partial charge is 0.384 e. The average Bonchev–Trinajstić information content (AvgIpc) is 3.33. The maximum Gasteiger partial charge on any atom is 0.270 e. The van der Waals surface area contributed by atoms with Gasteiger partial charge < -0.3 is 20.5 Å². The number of fused-ring (bicyclic) bond motifs is 1. The minimum Gasteiger partial charge on any atom is -0.384 e. The molecule has 4 N–H and O–H groups in total. The molecule has 4 rings (SSSR count). The Labute approximate surface area is 189 Å². The Morgan fingerprint density at radius 3 is 2.42 bits per heavy atom. The lowest BCUT2D eigenvalue weighted by Crippen LogP contribution is -2.32. The summed E-state index contributed by atoms with van der Waals surface area (Å²) in [5, 5.41) is 11.2. The molecule has 1 aliphatic rings. The molecule has 2 aromatic carbocycles. The molecule has 172 valence electrons. The minimum absolute atomic E-state index is 0.00666. The molecule has 1 saturated heterocycles. The van der Waals surface area contributed by atoms with Crippen molar-refractivity contribution in [3.8, 4) is 0 Å². The molecule has 33 heavy (non-hydrogen) atoms. The van der Waals surface area contributed by atoms with E-state index < -0.39 is 18.4 Å². The van der Waals surface area contributed by atoms with Crippen molar-refractivity contribution in [1.82, 2.24) is 14.8 Å². The predicted molar refractivity (Wildman–Crippen MR) is 122 cm³/mol. The third-order valence-corrected chi connectivity index (χ3v) is 5.79. The molecular formula is C24H25F2N5O2. The summed E-state index contributed by atoms with van der Waals surface area (Å²) in [6.07, 6.45) is -0.352. The third-order valence-electron chi connectivity index (χ3n) is 5.79. The Morgan fingerprint density at radius 1 is 1.12 bits per heavy atom. The van der Waals surface area contributed by atoms with Gasteiger partial charge >= 0.3 is 0 Å². The van der Waals surface area contributed by atoms with Gasteiger partial charge in [-0.05, 0) is 36.8 Å². The van der Waals surface area contributed by atoms with Gasteiger partial charge in [0.25, 0.3) is 17.7 Å². The van der Waals surface area contributed by atoms with Crippen LogP contribution in [-0.2, 0) is 6.54 Å². The van der Waals surface area contributed by atoms with Crippen LogP contribution in [-0.4, -0.2) is 52.7 Å². The van der Waals surface area contributed by atoms with Crippen molar-refractivity contribution in [2.24, 2.45) is 5.73 Å². The number of amides is 2. The van der Waals surface area contributed by atoms with Crippen molar-refractivity contribution < 1.29 is 18.4 Å². The normalized spacial score (nSPS) is 15.1. The smallest absolute Gasteiger partial charge is 0.270 e. The van der Waals surface area contributed by atoms with Crippen molar-refractivity contribution in [1.29, 1.82) is 5.41 Å². The van der Waals surface area contributed by atoms with Crippen LogP contribution in [0.25, 0.3) is 10.9 Å². The van der Waals surface area contributed by atoms with E-state index in [9.17, 15) is 18.4 Å². The lowest BCUT2D eigenvalue weighted by atomic mass is 10.1. The molecule has 0 unspecified atom stereocenters. The standard InChI is InChI=1S/C24H25F2N5O2/c1-2-29-22(32)16-5-3-15(4-6-16)13-31-19-12-18(21(27)28)8-7-17(19)11-20(31)23(33)30-10-9-24(25,26)14-30/h3-8,11-12H,2,9-10,13-14H2,1H3,(H3,27,28)(H,29,32). The van der Waals surface area contributed by atoms with Crippen molar-refractivity contribution in [2.45, 2.75) is 25.8 Å². The van der Waals surface area contributed by atoms with Gasteiger partial charge in [-0.2, -0.15) is 0 Å². The van der Waals surface area contributed by atoms with Crippen LogP contribution in [0.2, 0.25) is 0 Å². The number of hydrogen-bond acceptors (Lipinski definition) is 3. The van der Waals surface area contributed by atoms with Crippen molar-refractivity contribution >= 4 is 28.6 Å². The zero-order valence-corrected chi connectivity index (χ0v) is 18.2. The van der Waals surface area contributed by atoms with Gasteiger partial charge in [-0.3, -0.25) is 15.0 Å². The van der Waals surface area contributed by atoms with Gasteiger partial charge in [0.15, 0.2) is 0 Å². The number of hydrogen-bond donors (Lipinski definition) is 3. The summed E-state index contributed by atoms with van der Waals surface area (Å²) in [4.78, 5) is 26.4. The van der Waals surface area contributed by atoms with Gasteiger partial charge in [0, 0.05) is 48.1 Å². The molecule has 1 aliphatic heterocycles. The Kier molecular flexibility index (Phi) is 5.88. The van der Waals surface area contributed by atoms with E-state index in [1.165, 1.54) is 4.90 Å². The van der Waals surface area contributed by atoms with E-state index in [1.54, 1.807) is 53.1 Å². The fraction of sp³-hybridized carbons (Fsp3) is 0.292. The molecule has 0 spiro atoms. The van der Waals surface area contributed by atoms with E-state index in [2.05, 4.69) is 5.32 Å². The fourth-order valence-electron chi connectivity index (χ4n) is 4.05. The first-order valence-corrected chi connectivity index (χ1v) is 10.7. The number of nitrogens with two attached hydrogens (primary N) is 1. The van der Waals surface area contributed by atoms with Gasteiger partial charge in [0.1, 0.15) is 11.5 Å². The molecule has 3 aromatic rings. The summed E-state index contributed by atoms with van der Waals surface area (Å²) < 4.78 is 29.3. The van der Waals surface area contributed by atoms with E-state index >= 15 is 0 Å². The van der Waals surface area contributed by atoms with Crippen LogP contribution >= 0.6 is 0 Å². The molecule has 0 radical (unpaired) electrons. The average molecular weight is 453 g/mol. The third kappa shape index (κ3) is 4.57. The number of likely N-dealkylation sites (tertiary alicyclic amines) is 1. The maximum atomic E-state index is 13.8. The lowest BCUT2D eigenvalue weighted by molar-refractivity contribution is 0.0119. The van der Waals surface area contributed by atoms with Crippen LogP contribution in [0.3, 0.4) is 0 Å². The number of carbonyl (C=O) groups excluding carboxylic acids is 2. The molecule has 1 aromatic heterocycles. The minimum atomic E-state index is -2.89. The summed E-state index contributed by atoms with van der Waals surface area (Å²) in [5.74, 6) is -3.63. The fourth-order valence-corrected chi connectivity index (χ4v) is 4.05. The zero-order chi connectivity index (χ0) is 23.8. The predicted octanol–water partition coefficient (Wildman–Crippen LogP) is 3.20. The first-order chi connectivity index (χ1) is 15.7. The number of rotatable bonds is 6. The highest BCUT2D eigenvalue weighted by molar-refractivity contribution is 6.02. The lowest BCUT2D eigenvalue weighted by Gasteiger charge is -2.18. The molecule has 0 atom stereocenters. The van der Waals surface area contributed by atoms with Crippen LogP contribution < -0.4 is 11.1 Å². The number of nitrogens with zero attached hydrogens (tertiary/aromatic N) is 2. The van der Waals surface area contributed by atoms with Crippen LogP contribution in [0.5, 0.6) is 0 Å². The number of nitrogens with one attached hydrogen (secondary N) is 2. The number of aromatic nitrogens is 1. The highest BCUT2D eigenvalue weighted by Crippen LogP contribution is 2.30. The molecule has 2 heterocycles. The molecule has 0 saturated carbocycles. The number of nitrogen functional groups attached to an aromatic ring is 1. The SMILES string of the molecule is CCNC(=O)c1ccc(Cn2c(C(=O)N3CCC(F)(F)C3)cc3ccc(C(=N)N)cc32)cc1. The number of benzene rings is 2. The number of amidine groups is 1. The van der Waals surface area contributed by atoms with Crippen LogP contribution in [0.1, 0.15) is 45.3 Å². The Hall–Kier alpha value is -3.75. The summed E-state index contributed by atoms with van der Waals surface area (Å²) in [5.41, 5.74) is 8.46.